The van der Waals surface area contributed by atoms with Crippen molar-refractivity contribution in [1.29, 1.82) is 0 Å². The molecule has 6 rings (SSSR count). The molecule has 2 aliphatic rings. The number of likely N-dealkylation sites (tertiary alicyclic amines) is 1. The van der Waals surface area contributed by atoms with E-state index >= 15 is 0 Å². The largest absolute Gasteiger partial charge is 0.478 e. The maximum absolute atomic E-state index is 11.6. The van der Waals surface area contributed by atoms with Crippen LogP contribution in [0.5, 0.6) is 5.88 Å². The molecule has 3 N–H and O–H groups in total. The van der Waals surface area contributed by atoms with Crippen molar-refractivity contribution in [2.75, 3.05) is 19.7 Å². The van der Waals surface area contributed by atoms with Gasteiger partial charge in [0.2, 0.25) is 5.88 Å². The number of thiophene rings is 1. The number of primary amides is 1. The summed E-state index contributed by atoms with van der Waals surface area (Å²) >= 11 is 1.33. The lowest BCUT2D eigenvalue weighted by Gasteiger charge is -2.32. The van der Waals surface area contributed by atoms with Crippen molar-refractivity contribution in [3.8, 4) is 5.88 Å². The molecule has 11 heteroatoms. The number of ether oxygens (including phenoxy) is 2. The second-order valence-electron chi connectivity index (χ2n) is 10.3. The van der Waals surface area contributed by atoms with Crippen LogP contribution in [0.1, 0.15) is 61.6 Å². The molecule has 40 heavy (non-hydrogen) atoms. The second kappa shape index (κ2) is 11.4. The van der Waals surface area contributed by atoms with E-state index in [0.717, 1.165) is 66.4 Å². The number of amides is 1. The predicted octanol–water partition coefficient (Wildman–Crippen LogP) is 4.04. The van der Waals surface area contributed by atoms with Gasteiger partial charge >= 0.3 is 5.97 Å². The molecule has 0 radical (unpaired) electrons. The number of carbonyl (C=O) groups excluding carboxylic acids is 1. The van der Waals surface area contributed by atoms with Gasteiger partial charge in [0.05, 0.1) is 40.7 Å². The molecular weight excluding hydrogens is 530 g/mol. The van der Waals surface area contributed by atoms with Gasteiger partial charge in [0, 0.05) is 29.2 Å². The van der Waals surface area contributed by atoms with Gasteiger partial charge in [-0.3, -0.25) is 9.69 Å². The smallest absolute Gasteiger partial charge is 0.335 e. The van der Waals surface area contributed by atoms with Crippen molar-refractivity contribution in [2.24, 2.45) is 5.73 Å². The van der Waals surface area contributed by atoms with Crippen LogP contribution in [0.25, 0.3) is 11.0 Å². The van der Waals surface area contributed by atoms with Crippen molar-refractivity contribution < 1.29 is 24.2 Å². The summed E-state index contributed by atoms with van der Waals surface area (Å²) in [5.74, 6) is 0.475. The summed E-state index contributed by atoms with van der Waals surface area (Å²) < 4.78 is 13.7. The Kier molecular flexibility index (Phi) is 7.50. The maximum atomic E-state index is 11.6. The number of fused-ring (bicyclic) bond motifs is 1. The summed E-state index contributed by atoms with van der Waals surface area (Å²) in [6.45, 7) is 4.30. The topological polar surface area (TPSA) is 133 Å². The molecular formula is C29H31N5O5S. The van der Waals surface area contributed by atoms with Gasteiger partial charge < -0.3 is 24.9 Å². The third-order valence-corrected chi connectivity index (χ3v) is 8.71. The van der Waals surface area contributed by atoms with E-state index in [9.17, 15) is 14.7 Å². The SMILES string of the molecule is NC(=O)c1ccc(COc2cccc(C3CCN(Cc4nc5ccc(C(=O)O)cc5n4CC4CCO4)CC3)n2)s1. The average Bonchev–Trinajstić information content (AvgIpc) is 3.54. The van der Waals surface area contributed by atoms with Crippen LogP contribution in [0.4, 0.5) is 0 Å². The molecule has 0 saturated carbocycles. The number of carboxylic acid groups (broad SMARTS) is 1. The maximum Gasteiger partial charge on any atom is 0.335 e. The minimum Gasteiger partial charge on any atom is -0.478 e. The second-order valence-corrected chi connectivity index (χ2v) is 11.5. The summed E-state index contributed by atoms with van der Waals surface area (Å²) in [5, 5.41) is 9.49. The van der Waals surface area contributed by atoms with Crippen LogP contribution >= 0.6 is 11.3 Å². The third kappa shape index (κ3) is 5.72. The number of rotatable bonds is 10. The van der Waals surface area contributed by atoms with E-state index in [4.69, 9.17) is 25.2 Å². The van der Waals surface area contributed by atoms with Gasteiger partial charge in [0.25, 0.3) is 5.91 Å². The van der Waals surface area contributed by atoms with Gasteiger partial charge in [0.1, 0.15) is 12.4 Å². The normalized spacial score (nSPS) is 18.1. The van der Waals surface area contributed by atoms with Gasteiger partial charge in [-0.1, -0.05) is 6.07 Å². The zero-order valence-electron chi connectivity index (χ0n) is 22.0. The molecule has 4 aromatic rings. The first-order valence-electron chi connectivity index (χ1n) is 13.5. The van der Waals surface area contributed by atoms with Gasteiger partial charge in [-0.25, -0.2) is 14.8 Å². The Morgan fingerprint density at radius 1 is 1.10 bits per heavy atom. The van der Waals surface area contributed by atoms with E-state index in [1.165, 1.54) is 11.3 Å². The van der Waals surface area contributed by atoms with Gasteiger partial charge in [0.15, 0.2) is 0 Å². The van der Waals surface area contributed by atoms with Crippen LogP contribution in [-0.2, 0) is 24.4 Å². The minimum absolute atomic E-state index is 0.140. The number of benzene rings is 1. The highest BCUT2D eigenvalue weighted by molar-refractivity contribution is 7.14. The summed E-state index contributed by atoms with van der Waals surface area (Å²) in [6, 6.07) is 14.6. The summed E-state index contributed by atoms with van der Waals surface area (Å²) in [6.07, 6.45) is 3.08. The van der Waals surface area contributed by atoms with Crippen LogP contribution in [0.3, 0.4) is 0 Å². The first-order valence-corrected chi connectivity index (χ1v) is 14.3. The van der Waals surface area contributed by atoms with Crippen molar-refractivity contribution in [2.45, 2.75) is 51.0 Å². The Labute approximate surface area is 235 Å². The minimum atomic E-state index is -0.940. The van der Waals surface area contributed by atoms with Crippen molar-refractivity contribution in [3.63, 3.8) is 0 Å². The zero-order valence-corrected chi connectivity index (χ0v) is 22.8. The molecule has 5 heterocycles. The van der Waals surface area contributed by atoms with E-state index in [1.54, 1.807) is 24.3 Å². The molecule has 3 aromatic heterocycles. The van der Waals surface area contributed by atoms with Crippen molar-refractivity contribution in [1.82, 2.24) is 19.4 Å². The fourth-order valence-electron chi connectivity index (χ4n) is 5.32. The Bertz CT molecular complexity index is 1540. The van der Waals surface area contributed by atoms with Crippen LogP contribution in [0.2, 0.25) is 0 Å². The number of carboxylic acids is 1. The first kappa shape index (κ1) is 26.4. The van der Waals surface area contributed by atoms with Gasteiger partial charge in [-0.15, -0.1) is 11.3 Å². The molecule has 1 atom stereocenters. The quantitative estimate of drug-likeness (QED) is 0.297. The van der Waals surface area contributed by atoms with Crippen LogP contribution in [0.15, 0.2) is 48.5 Å². The Morgan fingerprint density at radius 2 is 1.93 bits per heavy atom. The monoisotopic (exact) mass is 561 g/mol. The Hall–Kier alpha value is -3.80. The molecule has 0 spiro atoms. The predicted molar refractivity (Wildman–Crippen MR) is 150 cm³/mol. The number of hydrogen-bond donors (Lipinski definition) is 2. The molecule has 10 nitrogen and oxygen atoms in total. The lowest BCUT2D eigenvalue weighted by atomic mass is 9.93. The van der Waals surface area contributed by atoms with Gasteiger partial charge in [-0.2, -0.15) is 0 Å². The molecule has 0 bridgehead atoms. The van der Waals surface area contributed by atoms with Gasteiger partial charge in [-0.05, 0) is 68.8 Å². The van der Waals surface area contributed by atoms with E-state index < -0.39 is 11.9 Å². The number of carbonyl (C=O) groups is 2. The van der Waals surface area contributed by atoms with Crippen LogP contribution in [-0.4, -0.2) is 62.2 Å². The number of pyridine rings is 1. The number of nitrogens with zero attached hydrogens (tertiary/aromatic N) is 4. The standard InChI is InChI=1S/C29H31N5O5S/c30-28(35)25-7-5-21(40-25)17-39-27-3-1-2-22(32-27)18-8-11-33(12-9-18)16-26-31-23-6-4-19(29(36)37)14-24(23)34(26)15-20-10-13-38-20/h1-7,14,18,20H,8-13,15-17H2,(H2,30,35)(H,36,37). The number of aromatic carboxylic acids is 1. The summed E-state index contributed by atoms with van der Waals surface area (Å²) in [5.41, 5.74) is 8.28. The fourth-order valence-corrected chi connectivity index (χ4v) is 6.09. The molecule has 2 saturated heterocycles. The highest BCUT2D eigenvalue weighted by atomic mass is 32.1. The lowest BCUT2D eigenvalue weighted by molar-refractivity contribution is -0.0592. The lowest BCUT2D eigenvalue weighted by Crippen LogP contribution is -2.35. The van der Waals surface area contributed by atoms with E-state index in [2.05, 4.69) is 15.5 Å². The first-order chi connectivity index (χ1) is 19.4. The van der Waals surface area contributed by atoms with Crippen LogP contribution in [0, 0.1) is 0 Å². The summed E-state index contributed by atoms with van der Waals surface area (Å²) in [4.78, 5) is 36.4. The van der Waals surface area contributed by atoms with Crippen molar-refractivity contribution in [3.05, 3.63) is 75.4 Å². The summed E-state index contributed by atoms with van der Waals surface area (Å²) in [7, 11) is 0. The number of aromatic nitrogens is 3. The zero-order chi connectivity index (χ0) is 27.6. The van der Waals surface area contributed by atoms with E-state index in [-0.39, 0.29) is 11.7 Å². The Morgan fingerprint density at radius 3 is 2.62 bits per heavy atom. The molecule has 0 aliphatic carbocycles. The molecule has 208 valence electrons. The molecule has 1 unspecified atom stereocenters. The average molecular weight is 562 g/mol. The number of piperidine rings is 1. The molecule has 2 aliphatic heterocycles. The molecule has 1 amide bonds. The molecule has 2 fully saturated rings. The highest BCUT2D eigenvalue weighted by Gasteiger charge is 2.26. The number of nitrogens with two attached hydrogens (primary N) is 1. The molecule has 1 aromatic carbocycles. The fraction of sp³-hybridized carbons (Fsp3) is 0.379. The third-order valence-electron chi connectivity index (χ3n) is 7.64. The van der Waals surface area contributed by atoms with Crippen LogP contribution < -0.4 is 10.5 Å². The highest BCUT2D eigenvalue weighted by Crippen LogP contribution is 2.30. The number of imidazole rings is 1. The van der Waals surface area contributed by atoms with E-state index in [0.29, 0.717) is 36.4 Å². The van der Waals surface area contributed by atoms with E-state index in [1.807, 2.05) is 18.2 Å². The van der Waals surface area contributed by atoms with Crippen molar-refractivity contribution >= 4 is 34.2 Å². The Balaban J connectivity index is 1.10. The number of hydrogen-bond acceptors (Lipinski definition) is 8.